The number of nitrogens with one attached hydrogen (secondary N) is 1. The van der Waals surface area contributed by atoms with Crippen molar-refractivity contribution < 1.29 is 0 Å². The monoisotopic (exact) mass is 269 g/mol. The second-order valence-electron chi connectivity index (χ2n) is 7.98. The van der Waals surface area contributed by atoms with Crippen molar-refractivity contribution in [1.29, 1.82) is 0 Å². The van der Waals surface area contributed by atoms with Gasteiger partial charge in [0.2, 0.25) is 0 Å². The number of hydrogen-bond donors (Lipinski definition) is 1. The molecule has 0 aliphatic heterocycles. The first-order valence-corrected chi connectivity index (χ1v) is 8.43. The highest BCUT2D eigenvalue weighted by Gasteiger charge is 2.50. The minimum atomic E-state index is 0.491. The molecule has 4 aliphatic carbocycles. The lowest BCUT2D eigenvalue weighted by Crippen LogP contribution is -2.58. The Hall–Kier alpha value is -0.820. The summed E-state index contributed by atoms with van der Waals surface area (Å²) in [6.45, 7) is 5.52. The molecule has 5 rings (SSSR count). The molecule has 4 aliphatic rings. The second kappa shape index (κ2) is 4.59. The summed E-state index contributed by atoms with van der Waals surface area (Å²) in [5.41, 5.74) is 4.82. The van der Waals surface area contributed by atoms with Crippen molar-refractivity contribution in [3.05, 3.63) is 34.9 Å². The van der Waals surface area contributed by atoms with Gasteiger partial charge in [-0.3, -0.25) is 0 Å². The Balaban J connectivity index is 1.50. The average Bonchev–Trinajstić information content (AvgIpc) is 2.38. The van der Waals surface area contributed by atoms with E-state index in [0.29, 0.717) is 5.54 Å². The van der Waals surface area contributed by atoms with Crippen molar-refractivity contribution in [2.75, 3.05) is 0 Å². The van der Waals surface area contributed by atoms with Crippen LogP contribution in [0.2, 0.25) is 0 Å². The zero-order valence-electron chi connectivity index (χ0n) is 12.9. The molecule has 0 amide bonds. The SMILES string of the molecule is Cc1ccc(C)c(CNC23CC4CC(CC(C4)C2)C3)c1. The van der Waals surface area contributed by atoms with Crippen LogP contribution in [-0.4, -0.2) is 5.54 Å². The summed E-state index contributed by atoms with van der Waals surface area (Å²) in [4.78, 5) is 0. The van der Waals surface area contributed by atoms with Gasteiger partial charge in [0.15, 0.2) is 0 Å². The van der Waals surface area contributed by atoms with E-state index in [2.05, 4.69) is 37.4 Å². The third kappa shape index (κ3) is 2.20. The van der Waals surface area contributed by atoms with Crippen LogP contribution in [0.5, 0.6) is 0 Å². The molecule has 0 radical (unpaired) electrons. The highest BCUT2D eigenvalue weighted by molar-refractivity contribution is 5.30. The Bertz CT molecular complexity index is 481. The highest BCUT2D eigenvalue weighted by Crippen LogP contribution is 2.55. The normalized spacial score (nSPS) is 38.4. The van der Waals surface area contributed by atoms with Crippen LogP contribution in [-0.2, 0) is 6.54 Å². The van der Waals surface area contributed by atoms with E-state index in [0.717, 1.165) is 24.3 Å². The van der Waals surface area contributed by atoms with Crippen molar-refractivity contribution in [3.63, 3.8) is 0 Å². The van der Waals surface area contributed by atoms with Gasteiger partial charge in [0.25, 0.3) is 0 Å². The molecule has 1 heteroatoms. The summed E-state index contributed by atoms with van der Waals surface area (Å²) < 4.78 is 0. The van der Waals surface area contributed by atoms with Gasteiger partial charge in [-0.25, -0.2) is 0 Å². The van der Waals surface area contributed by atoms with E-state index in [-0.39, 0.29) is 0 Å². The summed E-state index contributed by atoms with van der Waals surface area (Å²) in [6.07, 6.45) is 8.94. The minimum Gasteiger partial charge on any atom is -0.307 e. The number of hydrogen-bond acceptors (Lipinski definition) is 1. The predicted molar refractivity (Wildman–Crippen MR) is 83.7 cm³/mol. The first kappa shape index (κ1) is 12.9. The molecule has 0 saturated heterocycles. The molecule has 0 atom stereocenters. The Labute approximate surface area is 123 Å². The van der Waals surface area contributed by atoms with Crippen LogP contribution in [0, 0.1) is 31.6 Å². The lowest BCUT2D eigenvalue weighted by atomic mass is 9.53. The fourth-order valence-corrected chi connectivity index (χ4v) is 5.60. The molecule has 4 saturated carbocycles. The number of aryl methyl sites for hydroxylation is 2. The summed E-state index contributed by atoms with van der Waals surface area (Å²) in [6, 6.07) is 6.86. The third-order valence-electron chi connectivity index (χ3n) is 6.20. The molecule has 4 fully saturated rings. The van der Waals surface area contributed by atoms with Crippen molar-refractivity contribution in [2.24, 2.45) is 17.8 Å². The minimum absolute atomic E-state index is 0.491. The molecule has 1 aromatic rings. The zero-order chi connectivity index (χ0) is 13.7. The van der Waals surface area contributed by atoms with Crippen molar-refractivity contribution >= 4 is 0 Å². The molecule has 0 aromatic heterocycles. The van der Waals surface area contributed by atoms with Gasteiger partial charge in [-0.2, -0.15) is 0 Å². The van der Waals surface area contributed by atoms with E-state index in [4.69, 9.17) is 0 Å². The van der Waals surface area contributed by atoms with Gasteiger partial charge in [0, 0.05) is 12.1 Å². The Morgan fingerprint density at radius 1 is 1.00 bits per heavy atom. The van der Waals surface area contributed by atoms with Crippen molar-refractivity contribution in [1.82, 2.24) is 5.32 Å². The molecule has 1 aromatic carbocycles. The van der Waals surface area contributed by atoms with Crippen LogP contribution < -0.4 is 5.32 Å². The number of benzene rings is 1. The van der Waals surface area contributed by atoms with E-state index < -0.39 is 0 Å². The molecular weight excluding hydrogens is 242 g/mol. The maximum absolute atomic E-state index is 4.01. The van der Waals surface area contributed by atoms with Crippen molar-refractivity contribution in [3.8, 4) is 0 Å². The molecule has 1 nitrogen and oxygen atoms in total. The van der Waals surface area contributed by atoms with E-state index >= 15 is 0 Å². The van der Waals surface area contributed by atoms with Crippen LogP contribution in [0.25, 0.3) is 0 Å². The van der Waals surface area contributed by atoms with Crippen LogP contribution in [0.1, 0.15) is 55.2 Å². The van der Waals surface area contributed by atoms with Crippen LogP contribution in [0.15, 0.2) is 18.2 Å². The van der Waals surface area contributed by atoms with Crippen LogP contribution in [0.4, 0.5) is 0 Å². The molecular formula is C19H27N. The second-order valence-corrected chi connectivity index (χ2v) is 7.98. The molecule has 0 spiro atoms. The van der Waals surface area contributed by atoms with Gasteiger partial charge in [0.1, 0.15) is 0 Å². The standard InChI is InChI=1S/C19H27N/c1-13-3-4-14(2)18(5-13)12-20-19-9-15-6-16(10-19)8-17(7-15)11-19/h3-5,15-17,20H,6-12H2,1-2H3. The van der Waals surface area contributed by atoms with Gasteiger partial charge >= 0.3 is 0 Å². The van der Waals surface area contributed by atoms with Crippen LogP contribution in [0.3, 0.4) is 0 Å². The van der Waals surface area contributed by atoms with E-state index in [1.54, 1.807) is 0 Å². The maximum atomic E-state index is 4.01. The molecule has 108 valence electrons. The third-order valence-corrected chi connectivity index (χ3v) is 6.20. The topological polar surface area (TPSA) is 12.0 Å². The quantitative estimate of drug-likeness (QED) is 0.859. The predicted octanol–water partition coefficient (Wildman–Crippen LogP) is 4.36. The van der Waals surface area contributed by atoms with Gasteiger partial charge < -0.3 is 5.32 Å². The van der Waals surface area contributed by atoms with E-state index in [9.17, 15) is 0 Å². The van der Waals surface area contributed by atoms with Crippen molar-refractivity contribution in [2.45, 2.75) is 64.5 Å². The summed E-state index contributed by atoms with van der Waals surface area (Å²) in [5.74, 6) is 3.10. The Morgan fingerprint density at radius 3 is 2.20 bits per heavy atom. The largest absolute Gasteiger partial charge is 0.307 e. The lowest BCUT2D eigenvalue weighted by Gasteiger charge is -2.57. The van der Waals surface area contributed by atoms with Gasteiger partial charge in [0.05, 0.1) is 0 Å². The fraction of sp³-hybridized carbons (Fsp3) is 0.684. The summed E-state index contributed by atoms with van der Waals surface area (Å²) >= 11 is 0. The maximum Gasteiger partial charge on any atom is 0.0213 e. The van der Waals surface area contributed by atoms with E-state index in [1.165, 1.54) is 55.2 Å². The summed E-state index contributed by atoms with van der Waals surface area (Å²) in [7, 11) is 0. The lowest BCUT2D eigenvalue weighted by molar-refractivity contribution is -0.0206. The van der Waals surface area contributed by atoms with E-state index in [1.807, 2.05) is 0 Å². The molecule has 0 heterocycles. The average molecular weight is 269 g/mol. The summed E-state index contributed by atoms with van der Waals surface area (Å²) in [5, 5.41) is 4.01. The first-order chi connectivity index (χ1) is 9.62. The smallest absolute Gasteiger partial charge is 0.0213 e. The Morgan fingerprint density at radius 2 is 1.60 bits per heavy atom. The fourth-order valence-electron chi connectivity index (χ4n) is 5.60. The van der Waals surface area contributed by atoms with Crippen LogP contribution >= 0.6 is 0 Å². The molecule has 1 N–H and O–H groups in total. The van der Waals surface area contributed by atoms with Gasteiger partial charge in [-0.15, -0.1) is 0 Å². The first-order valence-electron chi connectivity index (χ1n) is 8.43. The highest BCUT2D eigenvalue weighted by atomic mass is 15.0. The number of rotatable bonds is 3. The van der Waals surface area contributed by atoms with Gasteiger partial charge in [-0.1, -0.05) is 23.8 Å². The zero-order valence-corrected chi connectivity index (χ0v) is 12.9. The molecule has 4 bridgehead atoms. The Kier molecular flexibility index (Phi) is 2.96. The van der Waals surface area contributed by atoms with Gasteiger partial charge in [-0.05, 0) is 81.3 Å². The molecule has 0 unspecified atom stereocenters. The molecule has 20 heavy (non-hydrogen) atoms.